The van der Waals surface area contributed by atoms with Crippen LogP contribution in [0.15, 0.2) is 36.5 Å². The van der Waals surface area contributed by atoms with Crippen LogP contribution in [0.1, 0.15) is 31.2 Å². The first-order chi connectivity index (χ1) is 11.3. The molecule has 2 aromatic rings. The van der Waals surface area contributed by atoms with Gasteiger partial charge in [0.2, 0.25) is 5.95 Å². The molecule has 4 nitrogen and oxygen atoms in total. The van der Waals surface area contributed by atoms with Crippen molar-refractivity contribution in [1.82, 2.24) is 9.97 Å². The highest BCUT2D eigenvalue weighted by atomic mass is 19.1. The van der Waals surface area contributed by atoms with E-state index in [4.69, 9.17) is 0 Å². The van der Waals surface area contributed by atoms with E-state index in [0.29, 0.717) is 0 Å². The average molecular weight is 314 g/mol. The molecule has 1 N–H and O–H groups in total. The Balaban J connectivity index is 1.55. The van der Waals surface area contributed by atoms with Crippen molar-refractivity contribution >= 4 is 11.8 Å². The maximum Gasteiger partial charge on any atom is 0.227 e. The van der Waals surface area contributed by atoms with Crippen LogP contribution in [-0.2, 0) is 6.42 Å². The molecule has 122 valence electrons. The van der Waals surface area contributed by atoms with Gasteiger partial charge < -0.3 is 10.2 Å². The second-order valence-corrected chi connectivity index (χ2v) is 5.95. The third-order valence-corrected chi connectivity index (χ3v) is 4.16. The van der Waals surface area contributed by atoms with E-state index in [0.717, 1.165) is 43.4 Å². The fourth-order valence-electron chi connectivity index (χ4n) is 2.86. The second-order valence-electron chi connectivity index (χ2n) is 5.95. The Morgan fingerprint density at radius 2 is 1.74 bits per heavy atom. The summed E-state index contributed by atoms with van der Waals surface area (Å²) in [5.41, 5.74) is 1.11. The van der Waals surface area contributed by atoms with Crippen molar-refractivity contribution in [3.05, 3.63) is 47.9 Å². The van der Waals surface area contributed by atoms with Crippen LogP contribution in [0.3, 0.4) is 0 Å². The Hall–Kier alpha value is -2.17. The Bertz CT molecular complexity index is 607. The molecule has 1 aromatic heterocycles. The third-order valence-electron chi connectivity index (χ3n) is 4.16. The molecule has 2 heterocycles. The number of hydrogen-bond donors (Lipinski definition) is 1. The highest BCUT2D eigenvalue weighted by Gasteiger charge is 2.12. The molecule has 0 unspecified atom stereocenters. The largest absolute Gasteiger partial charge is 0.370 e. The number of hydrogen-bond acceptors (Lipinski definition) is 4. The topological polar surface area (TPSA) is 41.1 Å². The van der Waals surface area contributed by atoms with Crippen molar-refractivity contribution in [3.63, 3.8) is 0 Å². The van der Waals surface area contributed by atoms with Crippen LogP contribution < -0.4 is 10.2 Å². The van der Waals surface area contributed by atoms with E-state index in [1.807, 2.05) is 24.4 Å². The number of rotatable bonds is 5. The zero-order chi connectivity index (χ0) is 15.9. The SMILES string of the molecule is Fc1ccc(CCNc2ccnc(N3CCCCCC3)n2)cc1. The lowest BCUT2D eigenvalue weighted by Crippen LogP contribution is -2.26. The first-order valence-corrected chi connectivity index (χ1v) is 8.37. The minimum atomic E-state index is -0.195. The third kappa shape index (κ3) is 4.65. The van der Waals surface area contributed by atoms with Crippen molar-refractivity contribution in [2.75, 3.05) is 29.9 Å². The molecule has 5 heteroatoms. The predicted octanol–water partition coefficient (Wildman–Crippen LogP) is 3.65. The van der Waals surface area contributed by atoms with E-state index in [2.05, 4.69) is 20.2 Å². The van der Waals surface area contributed by atoms with Gasteiger partial charge in [0.1, 0.15) is 11.6 Å². The molecule has 0 saturated carbocycles. The maximum absolute atomic E-state index is 12.9. The van der Waals surface area contributed by atoms with Crippen molar-refractivity contribution in [2.24, 2.45) is 0 Å². The van der Waals surface area contributed by atoms with E-state index in [9.17, 15) is 4.39 Å². The number of nitrogens with zero attached hydrogens (tertiary/aromatic N) is 3. The van der Waals surface area contributed by atoms with Crippen LogP contribution in [0, 0.1) is 5.82 Å². The molecule has 0 aliphatic carbocycles. The standard InChI is InChI=1S/C18H23FN4/c19-16-7-5-15(6-8-16)9-11-20-17-10-12-21-18(22-17)23-13-3-1-2-4-14-23/h5-8,10,12H,1-4,9,11,13-14H2,(H,20,21,22). The molecule has 1 saturated heterocycles. The zero-order valence-electron chi connectivity index (χ0n) is 13.3. The van der Waals surface area contributed by atoms with Gasteiger partial charge in [-0.1, -0.05) is 25.0 Å². The molecule has 1 aliphatic rings. The van der Waals surface area contributed by atoms with E-state index in [1.54, 1.807) is 0 Å². The molecule has 0 radical (unpaired) electrons. The fraction of sp³-hybridized carbons (Fsp3) is 0.444. The molecule has 1 aromatic carbocycles. The van der Waals surface area contributed by atoms with E-state index in [-0.39, 0.29) is 5.82 Å². The minimum Gasteiger partial charge on any atom is -0.370 e. The summed E-state index contributed by atoms with van der Waals surface area (Å²) in [7, 11) is 0. The van der Waals surface area contributed by atoms with Crippen molar-refractivity contribution < 1.29 is 4.39 Å². The maximum atomic E-state index is 12.9. The highest BCUT2D eigenvalue weighted by molar-refractivity contribution is 5.41. The van der Waals surface area contributed by atoms with Crippen LogP contribution >= 0.6 is 0 Å². The van der Waals surface area contributed by atoms with Gasteiger partial charge in [-0.05, 0) is 43.0 Å². The highest BCUT2D eigenvalue weighted by Crippen LogP contribution is 2.16. The van der Waals surface area contributed by atoms with Gasteiger partial charge in [-0.25, -0.2) is 9.37 Å². The molecule has 0 atom stereocenters. The smallest absolute Gasteiger partial charge is 0.227 e. The summed E-state index contributed by atoms with van der Waals surface area (Å²) in [5, 5.41) is 3.33. The molecule has 23 heavy (non-hydrogen) atoms. The lowest BCUT2D eigenvalue weighted by Gasteiger charge is -2.20. The molecular formula is C18H23FN4. The summed E-state index contributed by atoms with van der Waals surface area (Å²) in [6.45, 7) is 2.85. The van der Waals surface area contributed by atoms with Gasteiger partial charge in [0.05, 0.1) is 0 Å². The Kier molecular flexibility index (Phi) is 5.40. The van der Waals surface area contributed by atoms with Gasteiger partial charge in [0, 0.05) is 25.8 Å². The summed E-state index contributed by atoms with van der Waals surface area (Å²) < 4.78 is 12.9. The molecule has 3 rings (SSSR count). The Morgan fingerprint density at radius 3 is 2.48 bits per heavy atom. The van der Waals surface area contributed by atoms with Crippen LogP contribution in [0.5, 0.6) is 0 Å². The zero-order valence-corrected chi connectivity index (χ0v) is 13.3. The summed E-state index contributed by atoms with van der Waals surface area (Å²) in [6, 6.07) is 8.53. The first kappa shape index (κ1) is 15.7. The van der Waals surface area contributed by atoms with Crippen LogP contribution in [-0.4, -0.2) is 29.6 Å². The molecule has 1 aliphatic heterocycles. The monoisotopic (exact) mass is 314 g/mol. The van der Waals surface area contributed by atoms with Crippen LogP contribution in [0.4, 0.5) is 16.2 Å². The molecule has 0 spiro atoms. The quantitative estimate of drug-likeness (QED) is 0.914. The first-order valence-electron chi connectivity index (χ1n) is 8.37. The molecule has 0 bridgehead atoms. The van der Waals surface area contributed by atoms with Gasteiger partial charge in [-0.2, -0.15) is 4.98 Å². The van der Waals surface area contributed by atoms with E-state index in [1.165, 1.54) is 37.8 Å². The summed E-state index contributed by atoms with van der Waals surface area (Å²) in [4.78, 5) is 11.3. The van der Waals surface area contributed by atoms with Crippen LogP contribution in [0.2, 0.25) is 0 Å². The van der Waals surface area contributed by atoms with Crippen molar-refractivity contribution in [1.29, 1.82) is 0 Å². The Morgan fingerprint density at radius 1 is 1.00 bits per heavy atom. The number of nitrogens with one attached hydrogen (secondary N) is 1. The van der Waals surface area contributed by atoms with Gasteiger partial charge >= 0.3 is 0 Å². The average Bonchev–Trinajstić information content (AvgIpc) is 2.86. The Labute approximate surface area is 136 Å². The number of aromatic nitrogens is 2. The molecule has 1 fully saturated rings. The summed E-state index contributed by atoms with van der Waals surface area (Å²) in [6.07, 6.45) is 7.67. The second kappa shape index (κ2) is 7.90. The summed E-state index contributed by atoms with van der Waals surface area (Å²) >= 11 is 0. The van der Waals surface area contributed by atoms with Crippen LogP contribution in [0.25, 0.3) is 0 Å². The van der Waals surface area contributed by atoms with Crippen molar-refractivity contribution in [3.8, 4) is 0 Å². The lowest BCUT2D eigenvalue weighted by atomic mass is 10.1. The van der Waals surface area contributed by atoms with E-state index >= 15 is 0 Å². The fourth-order valence-corrected chi connectivity index (χ4v) is 2.86. The van der Waals surface area contributed by atoms with E-state index < -0.39 is 0 Å². The molecule has 0 amide bonds. The van der Waals surface area contributed by atoms with Gasteiger partial charge in [-0.15, -0.1) is 0 Å². The van der Waals surface area contributed by atoms with Gasteiger partial charge in [0.15, 0.2) is 0 Å². The lowest BCUT2D eigenvalue weighted by molar-refractivity contribution is 0.627. The van der Waals surface area contributed by atoms with Crippen molar-refractivity contribution in [2.45, 2.75) is 32.1 Å². The molecular weight excluding hydrogens is 291 g/mol. The minimum absolute atomic E-state index is 0.195. The predicted molar refractivity (Wildman–Crippen MR) is 91.3 cm³/mol. The van der Waals surface area contributed by atoms with Gasteiger partial charge in [0.25, 0.3) is 0 Å². The summed E-state index contributed by atoms with van der Waals surface area (Å²) in [5.74, 6) is 1.47. The number of anilines is 2. The number of benzene rings is 1. The number of halogens is 1. The van der Waals surface area contributed by atoms with Gasteiger partial charge in [-0.3, -0.25) is 0 Å². The normalized spacial score (nSPS) is 15.3.